The summed E-state index contributed by atoms with van der Waals surface area (Å²) in [6, 6.07) is 1.76. The summed E-state index contributed by atoms with van der Waals surface area (Å²) in [5.41, 5.74) is 0.648. The Bertz CT molecular complexity index is 453. The molecule has 2 heterocycles. The average molecular weight is 135 g/mol. The maximum Gasteiger partial charge on any atom is 0.197 e. The fourth-order valence-corrected chi connectivity index (χ4v) is 0.824. The highest BCUT2D eigenvalue weighted by molar-refractivity contribution is 5.37. The number of fused-ring (bicyclic) bond motifs is 1. The second kappa shape index (κ2) is 1.47. The van der Waals surface area contributed by atoms with E-state index in [2.05, 4.69) is 23.5 Å². The molecule has 0 bridgehead atoms. The lowest BCUT2D eigenvalue weighted by Crippen LogP contribution is -2.21. The maximum absolute atomic E-state index is 4.72. The Morgan fingerprint density at radius 1 is 1.50 bits per heavy atom. The van der Waals surface area contributed by atoms with Gasteiger partial charge in [-0.2, -0.15) is 0 Å². The molecule has 0 saturated heterocycles. The minimum Gasteiger partial charge on any atom is -0.241 e. The van der Waals surface area contributed by atoms with Gasteiger partial charge in [-0.3, -0.25) is 0 Å². The van der Waals surface area contributed by atoms with Crippen LogP contribution in [0.2, 0.25) is 0 Å². The molecule has 2 aromatic rings. The fraction of sp³-hybridized carbons (Fsp3) is 0. The van der Waals surface area contributed by atoms with Crippen LogP contribution in [-0.2, 0) is 0 Å². The third-order valence-corrected chi connectivity index (χ3v) is 1.39. The largest absolute Gasteiger partial charge is 0.241 e. The van der Waals surface area contributed by atoms with Crippen LogP contribution in [0.4, 0.5) is 0 Å². The SMILES string of the molecule is C=c1cc2nnon2c1=C. The first-order valence-corrected chi connectivity index (χ1v) is 2.77. The first-order chi connectivity index (χ1) is 4.79. The molecule has 0 fully saturated rings. The summed E-state index contributed by atoms with van der Waals surface area (Å²) in [7, 11) is 0. The molecule has 0 unspecified atom stereocenters. The summed E-state index contributed by atoms with van der Waals surface area (Å²) in [6.45, 7) is 7.43. The minimum atomic E-state index is 0.648. The smallest absolute Gasteiger partial charge is 0.197 e. The highest BCUT2D eigenvalue weighted by Crippen LogP contribution is 1.85. The zero-order valence-corrected chi connectivity index (χ0v) is 5.24. The van der Waals surface area contributed by atoms with Crippen LogP contribution in [0.5, 0.6) is 0 Å². The van der Waals surface area contributed by atoms with Crippen LogP contribution in [0.1, 0.15) is 0 Å². The third-order valence-electron chi connectivity index (χ3n) is 1.39. The lowest BCUT2D eigenvalue weighted by Gasteiger charge is -1.72. The van der Waals surface area contributed by atoms with Gasteiger partial charge in [0.05, 0.1) is 10.6 Å². The first kappa shape index (κ1) is 5.22. The molecule has 2 aromatic heterocycles. The summed E-state index contributed by atoms with van der Waals surface area (Å²) >= 11 is 0. The molecule has 10 heavy (non-hydrogen) atoms. The zero-order valence-electron chi connectivity index (χ0n) is 5.24. The monoisotopic (exact) mass is 135 g/mol. The Balaban J connectivity index is 3.24. The average Bonchev–Trinajstić information content (AvgIpc) is 2.41. The van der Waals surface area contributed by atoms with Gasteiger partial charge in [-0.1, -0.05) is 18.3 Å². The molecule has 0 aliphatic carbocycles. The van der Waals surface area contributed by atoms with Crippen LogP contribution < -0.4 is 10.6 Å². The van der Waals surface area contributed by atoms with Gasteiger partial charge in [-0.15, -0.1) is 4.57 Å². The van der Waals surface area contributed by atoms with E-state index in [-0.39, 0.29) is 0 Å². The Morgan fingerprint density at radius 3 is 3.00 bits per heavy atom. The van der Waals surface area contributed by atoms with Gasteiger partial charge in [0, 0.05) is 0 Å². The van der Waals surface area contributed by atoms with Crippen LogP contribution in [0.3, 0.4) is 0 Å². The van der Waals surface area contributed by atoms with E-state index in [1.165, 1.54) is 4.57 Å². The van der Waals surface area contributed by atoms with E-state index >= 15 is 0 Å². The molecule has 0 aromatic carbocycles. The van der Waals surface area contributed by atoms with Crippen molar-refractivity contribution in [3.05, 3.63) is 16.6 Å². The number of aromatic nitrogens is 3. The van der Waals surface area contributed by atoms with E-state index < -0.39 is 0 Å². The van der Waals surface area contributed by atoms with Crippen molar-refractivity contribution in [3.63, 3.8) is 0 Å². The summed E-state index contributed by atoms with van der Waals surface area (Å²) < 4.78 is 6.16. The summed E-state index contributed by atoms with van der Waals surface area (Å²) in [5.74, 6) is 0. The van der Waals surface area contributed by atoms with Gasteiger partial charge in [0.2, 0.25) is 0 Å². The maximum atomic E-state index is 4.72. The molecule has 0 radical (unpaired) electrons. The van der Waals surface area contributed by atoms with Gasteiger partial charge in [0.25, 0.3) is 0 Å². The molecule has 0 aliphatic heterocycles. The highest BCUT2D eigenvalue weighted by Gasteiger charge is 1.98. The molecular formula is C6H5N3O. The molecular weight excluding hydrogens is 130 g/mol. The molecule has 0 N–H and O–H groups in total. The molecule has 4 nitrogen and oxygen atoms in total. The molecule has 4 heteroatoms. The minimum absolute atomic E-state index is 0.648. The van der Waals surface area contributed by atoms with E-state index in [4.69, 9.17) is 4.63 Å². The fourth-order valence-electron chi connectivity index (χ4n) is 0.824. The van der Waals surface area contributed by atoms with Crippen LogP contribution in [0, 0.1) is 0 Å². The van der Waals surface area contributed by atoms with E-state index in [1.54, 1.807) is 6.07 Å². The van der Waals surface area contributed by atoms with E-state index in [0.717, 1.165) is 5.22 Å². The van der Waals surface area contributed by atoms with Gasteiger partial charge in [-0.25, -0.2) is 4.63 Å². The normalized spacial score (nSPS) is 10.8. The summed E-state index contributed by atoms with van der Waals surface area (Å²) in [6.07, 6.45) is 0. The van der Waals surface area contributed by atoms with Crippen LogP contribution >= 0.6 is 0 Å². The van der Waals surface area contributed by atoms with Gasteiger partial charge >= 0.3 is 0 Å². The van der Waals surface area contributed by atoms with Gasteiger partial charge < -0.3 is 0 Å². The lowest BCUT2D eigenvalue weighted by molar-refractivity contribution is 0.254. The molecule has 2 rings (SSSR count). The number of rotatable bonds is 0. The highest BCUT2D eigenvalue weighted by atomic mass is 16.6. The van der Waals surface area contributed by atoms with Gasteiger partial charge in [0.1, 0.15) is 0 Å². The zero-order chi connectivity index (χ0) is 7.14. The van der Waals surface area contributed by atoms with Crippen molar-refractivity contribution in [1.82, 2.24) is 14.9 Å². The van der Waals surface area contributed by atoms with Crippen molar-refractivity contribution in [2.45, 2.75) is 0 Å². The molecule has 0 amide bonds. The van der Waals surface area contributed by atoms with Crippen LogP contribution in [-0.4, -0.2) is 14.9 Å². The van der Waals surface area contributed by atoms with Crippen molar-refractivity contribution in [2.75, 3.05) is 0 Å². The van der Waals surface area contributed by atoms with Crippen LogP contribution in [0.15, 0.2) is 10.7 Å². The van der Waals surface area contributed by atoms with E-state index in [1.807, 2.05) is 0 Å². The van der Waals surface area contributed by atoms with Crippen molar-refractivity contribution < 1.29 is 4.63 Å². The predicted molar refractivity (Wildman–Crippen MR) is 35.5 cm³/mol. The number of nitrogens with zero attached hydrogens (tertiary/aromatic N) is 3. The van der Waals surface area contributed by atoms with Crippen molar-refractivity contribution in [2.24, 2.45) is 0 Å². The van der Waals surface area contributed by atoms with Crippen molar-refractivity contribution in [1.29, 1.82) is 0 Å². The quantitative estimate of drug-likeness (QED) is 0.472. The van der Waals surface area contributed by atoms with Crippen molar-refractivity contribution >= 4 is 18.8 Å². The molecule has 0 aliphatic rings. The van der Waals surface area contributed by atoms with Gasteiger partial charge in [0.15, 0.2) is 5.65 Å². The first-order valence-electron chi connectivity index (χ1n) is 2.77. The topological polar surface area (TPSA) is 43.3 Å². The van der Waals surface area contributed by atoms with Crippen LogP contribution in [0.25, 0.3) is 18.8 Å². The Morgan fingerprint density at radius 2 is 2.30 bits per heavy atom. The Hall–Kier alpha value is -1.58. The molecule has 0 spiro atoms. The van der Waals surface area contributed by atoms with E-state index in [0.29, 0.717) is 11.0 Å². The second-order valence-electron chi connectivity index (χ2n) is 2.03. The predicted octanol–water partition coefficient (Wildman–Crippen LogP) is -0.857. The molecule has 50 valence electrons. The molecule has 0 atom stereocenters. The summed E-state index contributed by atoms with van der Waals surface area (Å²) in [5, 5.41) is 8.51. The standard InChI is InChI=1S/C6H5N3O/c1-4-3-6-7-8-10-9(6)5(4)2/h3H,1-2H2. The van der Waals surface area contributed by atoms with Gasteiger partial charge in [-0.05, 0) is 11.3 Å². The third kappa shape index (κ3) is 0.452. The Labute approximate surface area is 56.0 Å². The molecule has 0 saturated carbocycles. The lowest BCUT2D eigenvalue weighted by atomic mass is 10.5. The summed E-state index contributed by atoms with van der Waals surface area (Å²) in [4.78, 5) is 0. The van der Waals surface area contributed by atoms with E-state index in [9.17, 15) is 0 Å². The Kier molecular flexibility index (Phi) is 0.768. The van der Waals surface area contributed by atoms with Crippen molar-refractivity contribution in [3.8, 4) is 0 Å². The number of hydrogen-bond acceptors (Lipinski definition) is 3. The second-order valence-corrected chi connectivity index (χ2v) is 2.03. The number of hydrogen-bond donors (Lipinski definition) is 0.